The summed E-state index contributed by atoms with van der Waals surface area (Å²) in [5, 5.41) is 3.24. The van der Waals surface area contributed by atoms with E-state index in [-0.39, 0.29) is 17.6 Å². The second-order valence-corrected chi connectivity index (χ2v) is 9.49. The summed E-state index contributed by atoms with van der Waals surface area (Å²) in [6, 6.07) is 0.131. The third-order valence-electron chi connectivity index (χ3n) is 6.32. The number of carbonyl (C=O) groups is 1. The Balaban J connectivity index is 1.54. The van der Waals surface area contributed by atoms with Crippen LogP contribution < -0.4 is 5.32 Å². The minimum absolute atomic E-state index is 0.124. The fraction of sp³-hybridized carbons (Fsp3) is 0.857. The first-order valence-electron chi connectivity index (χ1n) is 10.2. The summed E-state index contributed by atoms with van der Waals surface area (Å²) < 4.78 is 6.05. The van der Waals surface area contributed by atoms with Gasteiger partial charge in [0.05, 0.1) is 6.10 Å². The summed E-state index contributed by atoms with van der Waals surface area (Å²) in [7, 11) is 0. The van der Waals surface area contributed by atoms with Crippen LogP contribution in [0.5, 0.6) is 0 Å². The Kier molecular flexibility index (Phi) is 5.77. The molecule has 0 aromatic heterocycles. The molecule has 4 heteroatoms. The first kappa shape index (κ1) is 18.8. The fourth-order valence-electron chi connectivity index (χ4n) is 5.03. The Bertz CT molecular complexity index is 497. The van der Waals surface area contributed by atoms with Crippen molar-refractivity contribution in [2.45, 2.75) is 71.8 Å². The van der Waals surface area contributed by atoms with E-state index in [4.69, 9.17) is 4.74 Å². The van der Waals surface area contributed by atoms with Gasteiger partial charge in [0, 0.05) is 32.2 Å². The molecule has 0 saturated carbocycles. The quantitative estimate of drug-likeness (QED) is 0.753. The number of piperidine rings is 1. The van der Waals surface area contributed by atoms with Crippen molar-refractivity contribution < 1.29 is 9.53 Å². The van der Waals surface area contributed by atoms with Crippen LogP contribution >= 0.6 is 0 Å². The van der Waals surface area contributed by atoms with Gasteiger partial charge in [0.25, 0.3) is 0 Å². The number of carbonyl (C=O) groups excluding carboxylic acids is 1. The van der Waals surface area contributed by atoms with E-state index in [1.807, 2.05) is 0 Å². The Morgan fingerprint density at radius 1 is 1.28 bits per heavy atom. The smallest absolute Gasteiger partial charge is 0.317 e. The average molecular weight is 349 g/mol. The number of allylic oxidation sites excluding steroid dienone is 2. The predicted octanol–water partition coefficient (Wildman–Crippen LogP) is 4.36. The highest BCUT2D eigenvalue weighted by Gasteiger charge is 2.38. The number of urea groups is 1. The molecule has 0 aromatic carbocycles. The molecule has 3 aliphatic rings. The Labute approximate surface area is 153 Å². The lowest BCUT2D eigenvalue weighted by atomic mass is 9.71. The average Bonchev–Trinajstić information content (AvgIpc) is 2.60. The second kappa shape index (κ2) is 7.69. The third-order valence-corrected chi connectivity index (χ3v) is 6.32. The molecule has 0 unspecified atom stereocenters. The van der Waals surface area contributed by atoms with Crippen LogP contribution in [0.25, 0.3) is 0 Å². The lowest BCUT2D eigenvalue weighted by Gasteiger charge is -2.44. The minimum Gasteiger partial charge on any atom is -0.377 e. The minimum atomic E-state index is 0.124. The van der Waals surface area contributed by atoms with Gasteiger partial charge in [0.1, 0.15) is 0 Å². The summed E-state index contributed by atoms with van der Waals surface area (Å²) in [6.45, 7) is 10.1. The van der Waals surface area contributed by atoms with Crippen molar-refractivity contribution in [3.05, 3.63) is 12.2 Å². The number of nitrogens with zero attached hydrogens (tertiary/aromatic N) is 1. The molecule has 1 N–H and O–H groups in total. The van der Waals surface area contributed by atoms with Crippen molar-refractivity contribution in [1.29, 1.82) is 0 Å². The molecule has 0 aromatic rings. The highest BCUT2D eigenvalue weighted by atomic mass is 16.5. The molecule has 4 nitrogen and oxygen atoms in total. The van der Waals surface area contributed by atoms with Crippen LogP contribution in [0.2, 0.25) is 0 Å². The van der Waals surface area contributed by atoms with Crippen molar-refractivity contribution in [2.75, 3.05) is 26.2 Å². The van der Waals surface area contributed by atoms with Gasteiger partial charge in [-0.25, -0.2) is 4.79 Å². The monoisotopic (exact) mass is 348 g/mol. The van der Waals surface area contributed by atoms with E-state index in [2.05, 4.69) is 43.1 Å². The van der Waals surface area contributed by atoms with E-state index < -0.39 is 0 Å². The van der Waals surface area contributed by atoms with Gasteiger partial charge in [-0.3, -0.25) is 0 Å². The molecule has 2 aliphatic heterocycles. The van der Waals surface area contributed by atoms with E-state index >= 15 is 0 Å². The number of rotatable bonds is 2. The van der Waals surface area contributed by atoms with Gasteiger partial charge in [0.2, 0.25) is 0 Å². The molecule has 2 fully saturated rings. The van der Waals surface area contributed by atoms with Crippen LogP contribution in [0, 0.1) is 16.7 Å². The zero-order chi connectivity index (χ0) is 17.9. The number of ether oxygens (including phenoxy) is 1. The van der Waals surface area contributed by atoms with Crippen molar-refractivity contribution in [1.82, 2.24) is 10.2 Å². The Morgan fingerprint density at radius 2 is 2.12 bits per heavy atom. The molecule has 2 amide bonds. The molecule has 0 radical (unpaired) electrons. The molecule has 1 aliphatic carbocycles. The van der Waals surface area contributed by atoms with E-state index in [0.29, 0.717) is 11.3 Å². The zero-order valence-corrected chi connectivity index (χ0v) is 16.4. The van der Waals surface area contributed by atoms with Crippen LogP contribution in [-0.4, -0.2) is 43.3 Å². The molecule has 142 valence electrons. The van der Waals surface area contributed by atoms with Gasteiger partial charge < -0.3 is 15.0 Å². The lowest BCUT2D eigenvalue weighted by Crippen LogP contribution is -2.52. The van der Waals surface area contributed by atoms with Crippen molar-refractivity contribution in [3.8, 4) is 0 Å². The SMILES string of the molecule is CC(C)(C)[C@@H]1OCCC[C@@H]1CNC(=O)N1CCC[C@@]2(CC=CCC2)C1. The maximum atomic E-state index is 12.8. The number of amides is 2. The van der Waals surface area contributed by atoms with Crippen molar-refractivity contribution >= 4 is 6.03 Å². The summed E-state index contributed by atoms with van der Waals surface area (Å²) in [5.41, 5.74) is 0.464. The number of likely N-dealkylation sites (tertiary alicyclic amines) is 1. The molecule has 3 atom stereocenters. The van der Waals surface area contributed by atoms with Crippen LogP contribution in [-0.2, 0) is 4.74 Å². The largest absolute Gasteiger partial charge is 0.377 e. The van der Waals surface area contributed by atoms with E-state index in [9.17, 15) is 4.79 Å². The molecule has 25 heavy (non-hydrogen) atoms. The van der Waals surface area contributed by atoms with Gasteiger partial charge in [-0.2, -0.15) is 0 Å². The lowest BCUT2D eigenvalue weighted by molar-refractivity contribution is -0.0840. The molecule has 2 heterocycles. The second-order valence-electron chi connectivity index (χ2n) is 9.49. The maximum absolute atomic E-state index is 12.8. The maximum Gasteiger partial charge on any atom is 0.317 e. The van der Waals surface area contributed by atoms with E-state index in [1.165, 1.54) is 19.3 Å². The van der Waals surface area contributed by atoms with E-state index in [1.54, 1.807) is 0 Å². The van der Waals surface area contributed by atoms with Crippen LogP contribution in [0.1, 0.15) is 65.7 Å². The topological polar surface area (TPSA) is 41.6 Å². The number of nitrogens with one attached hydrogen (secondary N) is 1. The van der Waals surface area contributed by atoms with Gasteiger partial charge in [-0.15, -0.1) is 0 Å². The highest BCUT2D eigenvalue weighted by Crippen LogP contribution is 2.40. The molecule has 2 saturated heterocycles. The number of hydrogen-bond acceptors (Lipinski definition) is 2. The normalized spacial score (nSPS) is 33.5. The first-order chi connectivity index (χ1) is 11.9. The molecular formula is C21H36N2O2. The fourth-order valence-corrected chi connectivity index (χ4v) is 5.03. The predicted molar refractivity (Wildman–Crippen MR) is 102 cm³/mol. The van der Waals surface area contributed by atoms with Crippen LogP contribution in [0.15, 0.2) is 12.2 Å². The summed E-state index contributed by atoms with van der Waals surface area (Å²) in [5.74, 6) is 0.425. The summed E-state index contributed by atoms with van der Waals surface area (Å²) >= 11 is 0. The molecular weight excluding hydrogens is 312 g/mol. The zero-order valence-electron chi connectivity index (χ0n) is 16.4. The van der Waals surface area contributed by atoms with Crippen LogP contribution in [0.3, 0.4) is 0 Å². The van der Waals surface area contributed by atoms with Crippen LogP contribution in [0.4, 0.5) is 4.79 Å². The standard InChI is InChI=1S/C21H36N2O2/c1-20(2,3)18-17(9-7-14-25-18)15-22-19(24)23-13-8-12-21(16-23)10-5-4-6-11-21/h4-5,17-18H,6-16H2,1-3H3,(H,22,24)/t17-,18-,21+/m1/s1. The van der Waals surface area contributed by atoms with Gasteiger partial charge in [-0.05, 0) is 55.8 Å². The first-order valence-corrected chi connectivity index (χ1v) is 10.2. The van der Waals surface area contributed by atoms with E-state index in [0.717, 1.165) is 51.9 Å². The summed E-state index contributed by atoms with van der Waals surface area (Å²) in [6.07, 6.45) is 13.0. The molecule has 0 bridgehead atoms. The molecule has 1 spiro atoms. The van der Waals surface area contributed by atoms with Gasteiger partial charge in [0.15, 0.2) is 0 Å². The Morgan fingerprint density at radius 3 is 2.84 bits per heavy atom. The Hall–Kier alpha value is -1.03. The summed E-state index contributed by atoms with van der Waals surface area (Å²) in [4.78, 5) is 14.8. The van der Waals surface area contributed by atoms with Crippen molar-refractivity contribution in [2.24, 2.45) is 16.7 Å². The third kappa shape index (κ3) is 4.58. The highest BCUT2D eigenvalue weighted by molar-refractivity contribution is 5.74. The number of hydrogen-bond donors (Lipinski definition) is 1. The van der Waals surface area contributed by atoms with Gasteiger partial charge in [-0.1, -0.05) is 32.9 Å². The van der Waals surface area contributed by atoms with Gasteiger partial charge >= 0.3 is 6.03 Å². The van der Waals surface area contributed by atoms with Crippen molar-refractivity contribution in [3.63, 3.8) is 0 Å². The molecule has 3 rings (SSSR count).